The van der Waals surface area contributed by atoms with Crippen molar-refractivity contribution >= 4 is 51.4 Å². The molecule has 180 valence electrons. The number of amides is 1. The molecule has 1 N–H and O–H groups in total. The number of benzene rings is 2. The van der Waals surface area contributed by atoms with Gasteiger partial charge < -0.3 is 9.47 Å². The van der Waals surface area contributed by atoms with Gasteiger partial charge in [0.15, 0.2) is 17.3 Å². The van der Waals surface area contributed by atoms with E-state index in [1.165, 1.54) is 36.0 Å². The number of thioether (sulfide) groups is 1. The van der Waals surface area contributed by atoms with Crippen LogP contribution in [0.3, 0.4) is 0 Å². The number of hydrogen-bond acceptors (Lipinski definition) is 7. The Bertz CT molecular complexity index is 1480. The van der Waals surface area contributed by atoms with Crippen LogP contribution in [0.2, 0.25) is 5.02 Å². The molecule has 0 saturated heterocycles. The molecule has 11 heteroatoms. The van der Waals surface area contributed by atoms with Crippen LogP contribution in [0.15, 0.2) is 76.6 Å². The van der Waals surface area contributed by atoms with Gasteiger partial charge in [-0.1, -0.05) is 29.8 Å². The van der Waals surface area contributed by atoms with Gasteiger partial charge in [0.2, 0.25) is 5.17 Å². The van der Waals surface area contributed by atoms with Crippen LogP contribution in [0.1, 0.15) is 16.7 Å². The first-order valence-electron chi connectivity index (χ1n) is 10.6. The lowest BCUT2D eigenvalue weighted by molar-refractivity contribution is -0.114. The summed E-state index contributed by atoms with van der Waals surface area (Å²) in [6.07, 6.45) is 4.79. The summed E-state index contributed by atoms with van der Waals surface area (Å²) in [4.78, 5) is 20.9. The van der Waals surface area contributed by atoms with E-state index in [1.807, 2.05) is 6.07 Å². The highest BCUT2D eigenvalue weighted by molar-refractivity contribution is 8.27. The monoisotopic (exact) mass is 521 g/mol. The molecule has 0 atom stereocenters. The number of pyridine rings is 1. The summed E-state index contributed by atoms with van der Waals surface area (Å²) in [6.45, 7) is -0.0479. The Balaban J connectivity index is 1.42. The molecule has 0 radical (unpaired) electrons. The van der Waals surface area contributed by atoms with Gasteiger partial charge in [0, 0.05) is 23.5 Å². The Kier molecular flexibility index (Phi) is 6.53. The summed E-state index contributed by atoms with van der Waals surface area (Å²) in [5.74, 6) is -0.560. The second-order valence-electron chi connectivity index (χ2n) is 7.58. The molecule has 36 heavy (non-hydrogen) atoms. The van der Waals surface area contributed by atoms with Crippen molar-refractivity contribution in [1.29, 1.82) is 5.41 Å². The third-order valence-corrected chi connectivity index (χ3v) is 6.49. The molecule has 2 aliphatic rings. The summed E-state index contributed by atoms with van der Waals surface area (Å²) in [5, 5.41) is 15.4. The number of aromatic nitrogens is 1. The third-order valence-electron chi connectivity index (χ3n) is 5.26. The summed E-state index contributed by atoms with van der Waals surface area (Å²) in [6, 6.07) is 13.1. The van der Waals surface area contributed by atoms with Crippen molar-refractivity contribution < 1.29 is 18.7 Å². The Morgan fingerprint density at radius 1 is 1.22 bits per heavy atom. The number of carbonyl (C=O) groups is 1. The van der Waals surface area contributed by atoms with Crippen molar-refractivity contribution in [3.05, 3.63) is 94.0 Å². The molecule has 2 aliphatic heterocycles. The number of aliphatic imine (C=N–C) groups is 1. The average molecular weight is 522 g/mol. The number of amidine groups is 2. The number of carbonyl (C=O) groups excluding carboxylic acids is 1. The van der Waals surface area contributed by atoms with Crippen molar-refractivity contribution in [1.82, 2.24) is 9.99 Å². The Labute approximate surface area is 214 Å². The van der Waals surface area contributed by atoms with Gasteiger partial charge in [-0.05, 0) is 53.7 Å². The number of nitrogens with one attached hydrogen (secondary N) is 1. The van der Waals surface area contributed by atoms with E-state index in [4.69, 9.17) is 26.5 Å². The lowest BCUT2D eigenvalue weighted by atomic mass is 10.1. The number of fused-ring (bicyclic) bond motifs is 1. The molecule has 5 rings (SSSR count). The fourth-order valence-corrected chi connectivity index (χ4v) is 4.65. The molecule has 0 aliphatic carbocycles. The zero-order valence-corrected chi connectivity index (χ0v) is 20.3. The van der Waals surface area contributed by atoms with Crippen molar-refractivity contribution in [3.63, 3.8) is 0 Å². The van der Waals surface area contributed by atoms with Crippen LogP contribution in [0.25, 0.3) is 6.08 Å². The number of hydrazone groups is 1. The molecule has 0 bridgehead atoms. The second kappa shape index (κ2) is 9.92. The molecule has 3 heterocycles. The Morgan fingerprint density at radius 2 is 2.06 bits per heavy atom. The molecule has 3 aromatic rings. The summed E-state index contributed by atoms with van der Waals surface area (Å²) >= 11 is 7.64. The van der Waals surface area contributed by atoms with Crippen LogP contribution in [0, 0.1) is 11.2 Å². The Hall–Kier alpha value is -4.02. The topological polar surface area (TPSA) is 100 Å². The van der Waals surface area contributed by atoms with Gasteiger partial charge in [-0.2, -0.15) is 15.1 Å². The molecular formula is C25H17ClFN5O3S. The molecule has 0 fully saturated rings. The van der Waals surface area contributed by atoms with Gasteiger partial charge in [-0.15, -0.1) is 0 Å². The third kappa shape index (κ3) is 4.60. The quantitative estimate of drug-likeness (QED) is 0.451. The molecule has 0 spiro atoms. The normalized spacial score (nSPS) is 16.1. The predicted molar refractivity (Wildman–Crippen MR) is 137 cm³/mol. The van der Waals surface area contributed by atoms with Gasteiger partial charge in [0.25, 0.3) is 5.91 Å². The van der Waals surface area contributed by atoms with Crippen molar-refractivity contribution in [3.8, 4) is 11.5 Å². The predicted octanol–water partition coefficient (Wildman–Crippen LogP) is 5.13. The Morgan fingerprint density at radius 3 is 2.81 bits per heavy atom. The smallest absolute Gasteiger partial charge is 0.283 e. The van der Waals surface area contributed by atoms with E-state index >= 15 is 0 Å². The molecule has 0 unspecified atom stereocenters. The number of halogens is 2. The van der Waals surface area contributed by atoms with E-state index in [9.17, 15) is 9.18 Å². The number of ether oxygens (including phenoxy) is 2. The second-order valence-corrected chi connectivity index (χ2v) is 8.94. The first kappa shape index (κ1) is 23.7. The highest BCUT2D eigenvalue weighted by Crippen LogP contribution is 2.38. The van der Waals surface area contributed by atoms with Gasteiger partial charge in [-0.3, -0.25) is 15.2 Å². The first-order valence-corrected chi connectivity index (χ1v) is 11.8. The summed E-state index contributed by atoms with van der Waals surface area (Å²) in [5.41, 5.74) is 1.65. The number of nitrogens with zero attached hydrogens (tertiary/aromatic N) is 4. The number of hydrogen-bond donors (Lipinski definition) is 1. The lowest BCUT2D eigenvalue weighted by Crippen LogP contribution is -2.35. The maximum atomic E-state index is 14.0. The fraction of sp³-hybridized carbons (Fsp3) is 0.0800. The summed E-state index contributed by atoms with van der Waals surface area (Å²) in [7, 11) is 1.44. The van der Waals surface area contributed by atoms with Gasteiger partial charge in [-0.25, -0.2) is 4.39 Å². The minimum Gasteiger partial charge on any atom is -0.493 e. The molecule has 1 aromatic heterocycles. The van der Waals surface area contributed by atoms with E-state index in [0.717, 1.165) is 5.56 Å². The molecular weight excluding hydrogens is 505 g/mol. The van der Waals surface area contributed by atoms with Crippen LogP contribution in [0.5, 0.6) is 11.5 Å². The number of methoxy groups -OCH3 is 1. The van der Waals surface area contributed by atoms with Crippen LogP contribution in [-0.4, -0.2) is 39.1 Å². The minimum absolute atomic E-state index is 0.0358. The molecule has 0 saturated carbocycles. The SMILES string of the molecule is COc1cc(C=C2C(=N)N3N=C(c4cccnc4)SC3=NC2=O)cc(Cl)c1OCc1ccccc1F. The van der Waals surface area contributed by atoms with Crippen molar-refractivity contribution in [2.24, 2.45) is 10.1 Å². The molecule has 8 nitrogen and oxygen atoms in total. The fourth-order valence-electron chi connectivity index (χ4n) is 3.49. The van der Waals surface area contributed by atoms with E-state index in [2.05, 4.69) is 15.1 Å². The van der Waals surface area contributed by atoms with Crippen LogP contribution >= 0.6 is 23.4 Å². The first-order chi connectivity index (χ1) is 17.4. The zero-order chi connectivity index (χ0) is 25.2. The number of rotatable bonds is 6. The molecule has 2 aromatic carbocycles. The van der Waals surface area contributed by atoms with E-state index in [-0.39, 0.29) is 28.8 Å². The van der Waals surface area contributed by atoms with Gasteiger partial charge in [0.1, 0.15) is 17.5 Å². The van der Waals surface area contributed by atoms with Crippen molar-refractivity contribution in [2.75, 3.05) is 7.11 Å². The van der Waals surface area contributed by atoms with E-state index in [1.54, 1.807) is 48.8 Å². The average Bonchev–Trinajstić information content (AvgIpc) is 3.31. The van der Waals surface area contributed by atoms with Crippen LogP contribution in [0.4, 0.5) is 4.39 Å². The van der Waals surface area contributed by atoms with Crippen molar-refractivity contribution in [2.45, 2.75) is 6.61 Å². The summed E-state index contributed by atoms with van der Waals surface area (Å²) < 4.78 is 25.1. The van der Waals surface area contributed by atoms with E-state index < -0.39 is 11.7 Å². The maximum absolute atomic E-state index is 14.0. The highest BCUT2D eigenvalue weighted by atomic mass is 35.5. The van der Waals surface area contributed by atoms with Gasteiger partial charge >= 0.3 is 0 Å². The molecule has 1 amide bonds. The standard InChI is InChI=1S/C25H17ClFN5O3S/c1-34-20-11-14(10-18(26)21(20)35-13-16-5-2-3-7-19(16)27)9-17-22(28)32-25(30-23(17)33)36-24(31-32)15-6-4-8-29-12-15/h2-12,28H,13H2,1H3. The minimum atomic E-state index is -0.573. The van der Waals surface area contributed by atoms with E-state index in [0.29, 0.717) is 27.1 Å². The highest BCUT2D eigenvalue weighted by Gasteiger charge is 2.36. The van der Waals surface area contributed by atoms with Gasteiger partial charge in [0.05, 0.1) is 17.7 Å². The zero-order valence-electron chi connectivity index (χ0n) is 18.7. The largest absolute Gasteiger partial charge is 0.493 e. The maximum Gasteiger partial charge on any atom is 0.283 e. The van der Waals surface area contributed by atoms with Crippen LogP contribution in [-0.2, 0) is 11.4 Å². The van der Waals surface area contributed by atoms with Crippen LogP contribution < -0.4 is 9.47 Å². The lowest BCUT2D eigenvalue weighted by Gasteiger charge is -2.20.